The Morgan fingerprint density at radius 1 is 1.33 bits per heavy atom. The molecule has 21 heavy (non-hydrogen) atoms. The Bertz CT molecular complexity index is 477. The summed E-state index contributed by atoms with van der Waals surface area (Å²) in [6.45, 7) is 3.68. The summed E-state index contributed by atoms with van der Waals surface area (Å²) in [6, 6.07) is 7.69. The predicted octanol–water partition coefficient (Wildman–Crippen LogP) is 1.03. The maximum atomic E-state index is 12.2. The van der Waals surface area contributed by atoms with Crippen LogP contribution in [0.4, 0.5) is 4.79 Å². The number of ether oxygens (including phenoxy) is 1. The molecule has 6 nitrogen and oxygen atoms in total. The van der Waals surface area contributed by atoms with Gasteiger partial charge in [-0.2, -0.15) is 0 Å². The van der Waals surface area contributed by atoms with E-state index in [2.05, 4.69) is 5.32 Å². The van der Waals surface area contributed by atoms with Crippen molar-refractivity contribution in [2.24, 2.45) is 5.73 Å². The number of hydrogen-bond donors (Lipinski definition) is 2. The Hall–Kier alpha value is -2.08. The monoisotopic (exact) mass is 293 g/mol. The zero-order valence-corrected chi connectivity index (χ0v) is 12.6. The van der Waals surface area contributed by atoms with E-state index in [4.69, 9.17) is 10.5 Å². The van der Waals surface area contributed by atoms with Gasteiger partial charge in [0.2, 0.25) is 5.91 Å². The van der Waals surface area contributed by atoms with E-state index in [1.54, 1.807) is 12.0 Å². The molecule has 0 aliphatic rings. The third-order valence-electron chi connectivity index (χ3n) is 3.12. The van der Waals surface area contributed by atoms with Crippen LogP contribution in [0.5, 0.6) is 0 Å². The Labute approximate surface area is 125 Å². The van der Waals surface area contributed by atoms with Gasteiger partial charge in [0.15, 0.2) is 0 Å². The third kappa shape index (κ3) is 6.27. The molecule has 0 aromatic heterocycles. The Kier molecular flexibility index (Phi) is 7.25. The fourth-order valence-corrected chi connectivity index (χ4v) is 1.85. The lowest BCUT2D eigenvalue weighted by Gasteiger charge is -2.23. The van der Waals surface area contributed by atoms with Crippen molar-refractivity contribution >= 4 is 11.9 Å². The summed E-state index contributed by atoms with van der Waals surface area (Å²) in [5, 5.41) is 2.69. The molecule has 0 heterocycles. The van der Waals surface area contributed by atoms with E-state index >= 15 is 0 Å². The van der Waals surface area contributed by atoms with Crippen molar-refractivity contribution in [2.75, 3.05) is 26.8 Å². The molecule has 3 amide bonds. The van der Waals surface area contributed by atoms with Crippen molar-refractivity contribution in [1.82, 2.24) is 10.2 Å². The number of nitrogens with two attached hydrogens (primary N) is 1. The third-order valence-corrected chi connectivity index (χ3v) is 3.12. The zero-order chi connectivity index (χ0) is 15.7. The second-order valence-electron chi connectivity index (χ2n) is 4.79. The summed E-state index contributed by atoms with van der Waals surface area (Å²) in [7, 11) is 1.59. The number of amides is 3. The number of aryl methyl sites for hydroxylation is 1. The van der Waals surface area contributed by atoms with Gasteiger partial charge >= 0.3 is 6.03 Å². The molecule has 1 aromatic rings. The number of nitrogens with one attached hydrogen (secondary N) is 1. The molecule has 0 saturated carbocycles. The average Bonchev–Trinajstić information content (AvgIpc) is 2.44. The van der Waals surface area contributed by atoms with E-state index in [-0.39, 0.29) is 19.0 Å². The molecule has 116 valence electrons. The Balaban J connectivity index is 2.64. The lowest BCUT2D eigenvalue weighted by Crippen LogP contribution is -2.42. The van der Waals surface area contributed by atoms with Crippen LogP contribution in [0.15, 0.2) is 24.3 Å². The highest BCUT2D eigenvalue weighted by atomic mass is 16.5. The number of primary amides is 1. The van der Waals surface area contributed by atoms with Gasteiger partial charge < -0.3 is 20.7 Å². The number of methoxy groups -OCH3 is 1. The topological polar surface area (TPSA) is 84.7 Å². The summed E-state index contributed by atoms with van der Waals surface area (Å²) >= 11 is 0. The first kappa shape index (κ1) is 17.0. The SMILES string of the molecule is COCCN(Cc1ccccc1C)C(=O)NCCC(N)=O. The molecule has 0 saturated heterocycles. The largest absolute Gasteiger partial charge is 0.383 e. The van der Waals surface area contributed by atoms with Gasteiger partial charge in [0.25, 0.3) is 0 Å². The second kappa shape index (κ2) is 8.97. The van der Waals surface area contributed by atoms with Gasteiger partial charge in [-0.05, 0) is 18.1 Å². The molecular weight excluding hydrogens is 270 g/mol. The highest BCUT2D eigenvalue weighted by molar-refractivity contribution is 5.77. The molecule has 0 aliphatic carbocycles. The van der Waals surface area contributed by atoms with Gasteiger partial charge in [0.05, 0.1) is 6.61 Å². The van der Waals surface area contributed by atoms with Gasteiger partial charge in [-0.3, -0.25) is 4.79 Å². The Morgan fingerprint density at radius 3 is 2.67 bits per heavy atom. The van der Waals surface area contributed by atoms with Gasteiger partial charge in [-0.15, -0.1) is 0 Å². The number of nitrogens with zero attached hydrogens (tertiary/aromatic N) is 1. The molecule has 0 fully saturated rings. The summed E-state index contributed by atoms with van der Waals surface area (Å²) in [6.07, 6.45) is 0.133. The van der Waals surface area contributed by atoms with Crippen molar-refractivity contribution in [1.29, 1.82) is 0 Å². The maximum absolute atomic E-state index is 12.2. The predicted molar refractivity (Wildman–Crippen MR) is 80.7 cm³/mol. The minimum atomic E-state index is -0.433. The minimum Gasteiger partial charge on any atom is -0.383 e. The molecule has 0 radical (unpaired) electrons. The normalized spacial score (nSPS) is 10.2. The number of rotatable bonds is 8. The molecule has 1 aromatic carbocycles. The van der Waals surface area contributed by atoms with E-state index in [1.165, 1.54) is 0 Å². The Morgan fingerprint density at radius 2 is 2.05 bits per heavy atom. The van der Waals surface area contributed by atoms with E-state index in [0.717, 1.165) is 11.1 Å². The fourth-order valence-electron chi connectivity index (χ4n) is 1.85. The molecular formula is C15H23N3O3. The first-order valence-corrected chi connectivity index (χ1v) is 6.89. The number of carbonyl (C=O) groups excluding carboxylic acids is 2. The molecule has 3 N–H and O–H groups in total. The van der Waals surface area contributed by atoms with Crippen LogP contribution in [-0.4, -0.2) is 43.6 Å². The molecule has 0 aliphatic heterocycles. The van der Waals surface area contributed by atoms with Crippen LogP contribution in [0, 0.1) is 6.92 Å². The fraction of sp³-hybridized carbons (Fsp3) is 0.467. The van der Waals surface area contributed by atoms with Crippen LogP contribution in [0.3, 0.4) is 0 Å². The molecule has 0 unspecified atom stereocenters. The number of urea groups is 1. The van der Waals surface area contributed by atoms with Gasteiger partial charge in [0.1, 0.15) is 0 Å². The van der Waals surface area contributed by atoms with Crippen molar-refractivity contribution in [2.45, 2.75) is 19.9 Å². The smallest absolute Gasteiger partial charge is 0.317 e. The van der Waals surface area contributed by atoms with E-state index < -0.39 is 5.91 Å². The molecule has 1 rings (SSSR count). The highest BCUT2D eigenvalue weighted by Crippen LogP contribution is 2.10. The van der Waals surface area contributed by atoms with Crippen LogP contribution in [0.1, 0.15) is 17.5 Å². The van der Waals surface area contributed by atoms with E-state index in [1.807, 2.05) is 31.2 Å². The quantitative estimate of drug-likeness (QED) is 0.750. The molecule has 0 spiro atoms. The second-order valence-corrected chi connectivity index (χ2v) is 4.79. The van der Waals surface area contributed by atoms with E-state index in [0.29, 0.717) is 19.7 Å². The number of hydrogen-bond acceptors (Lipinski definition) is 3. The van der Waals surface area contributed by atoms with Crippen LogP contribution >= 0.6 is 0 Å². The summed E-state index contributed by atoms with van der Waals surface area (Å²) in [4.78, 5) is 24.5. The van der Waals surface area contributed by atoms with Gasteiger partial charge in [-0.25, -0.2) is 4.79 Å². The van der Waals surface area contributed by atoms with Crippen LogP contribution in [-0.2, 0) is 16.1 Å². The summed E-state index contributed by atoms with van der Waals surface area (Å²) in [5.41, 5.74) is 7.27. The van der Waals surface area contributed by atoms with Crippen molar-refractivity contribution in [3.8, 4) is 0 Å². The lowest BCUT2D eigenvalue weighted by molar-refractivity contribution is -0.117. The van der Waals surface area contributed by atoms with Gasteiger partial charge in [0, 0.05) is 33.2 Å². The zero-order valence-electron chi connectivity index (χ0n) is 12.6. The first-order valence-electron chi connectivity index (χ1n) is 6.89. The van der Waals surface area contributed by atoms with Gasteiger partial charge in [-0.1, -0.05) is 24.3 Å². The first-order chi connectivity index (χ1) is 10.0. The highest BCUT2D eigenvalue weighted by Gasteiger charge is 2.14. The lowest BCUT2D eigenvalue weighted by atomic mass is 10.1. The van der Waals surface area contributed by atoms with Crippen LogP contribution in [0.25, 0.3) is 0 Å². The number of benzene rings is 1. The summed E-state index contributed by atoms with van der Waals surface area (Å²) in [5.74, 6) is -0.433. The van der Waals surface area contributed by atoms with Crippen LogP contribution in [0.2, 0.25) is 0 Å². The molecule has 0 bridgehead atoms. The van der Waals surface area contributed by atoms with Crippen molar-refractivity contribution in [3.63, 3.8) is 0 Å². The maximum Gasteiger partial charge on any atom is 0.317 e. The average molecular weight is 293 g/mol. The van der Waals surface area contributed by atoms with Crippen molar-refractivity contribution in [3.05, 3.63) is 35.4 Å². The molecule has 6 heteroatoms. The standard InChI is InChI=1S/C15H23N3O3/c1-12-5-3-4-6-13(12)11-18(9-10-21-2)15(20)17-8-7-14(16)19/h3-6H,7-11H2,1-2H3,(H2,16,19)(H,17,20). The number of carbonyl (C=O) groups is 2. The van der Waals surface area contributed by atoms with E-state index in [9.17, 15) is 9.59 Å². The summed E-state index contributed by atoms with van der Waals surface area (Å²) < 4.78 is 5.04. The van der Waals surface area contributed by atoms with Crippen LogP contribution < -0.4 is 11.1 Å². The molecule has 0 atom stereocenters. The minimum absolute atomic E-state index is 0.133. The van der Waals surface area contributed by atoms with Crippen molar-refractivity contribution < 1.29 is 14.3 Å².